The van der Waals surface area contributed by atoms with Crippen LogP contribution in [-0.4, -0.2) is 34.8 Å². The first-order chi connectivity index (χ1) is 12.2. The molecule has 0 radical (unpaired) electrons. The summed E-state index contributed by atoms with van der Waals surface area (Å²) in [5.74, 6) is 0.844. The average molecular weight is 378 g/mol. The lowest BCUT2D eigenvalue weighted by Crippen LogP contribution is -2.28. The number of rotatable bonds is 7. The molecular weight excluding hydrogens is 356 g/mol. The maximum atomic E-state index is 12.7. The summed E-state index contributed by atoms with van der Waals surface area (Å²) in [4.78, 5) is 12.7. The highest BCUT2D eigenvalue weighted by molar-refractivity contribution is 7.92. The molecule has 8 heteroatoms. The van der Waals surface area contributed by atoms with E-state index in [1.165, 1.54) is 6.07 Å². The predicted molar refractivity (Wildman–Crippen MR) is 100 cm³/mol. The molecule has 2 aromatic rings. The van der Waals surface area contributed by atoms with E-state index in [9.17, 15) is 13.2 Å². The third-order valence-corrected chi connectivity index (χ3v) is 4.31. The lowest BCUT2D eigenvalue weighted by Gasteiger charge is -2.19. The number of amides is 1. The van der Waals surface area contributed by atoms with Gasteiger partial charge in [0.2, 0.25) is 10.0 Å². The van der Waals surface area contributed by atoms with Crippen LogP contribution in [0.1, 0.15) is 28.9 Å². The van der Waals surface area contributed by atoms with Gasteiger partial charge in [0.25, 0.3) is 5.91 Å². The van der Waals surface area contributed by atoms with Crippen molar-refractivity contribution in [1.29, 1.82) is 0 Å². The lowest BCUT2D eigenvalue weighted by atomic mass is 10.1. The minimum absolute atomic E-state index is 0.220. The molecule has 0 spiro atoms. The van der Waals surface area contributed by atoms with Gasteiger partial charge in [-0.05, 0) is 37.3 Å². The van der Waals surface area contributed by atoms with Gasteiger partial charge in [0.15, 0.2) is 0 Å². The van der Waals surface area contributed by atoms with Gasteiger partial charge in [-0.2, -0.15) is 0 Å². The van der Waals surface area contributed by atoms with Crippen LogP contribution in [0.4, 0.5) is 5.69 Å². The van der Waals surface area contributed by atoms with E-state index in [0.717, 1.165) is 11.8 Å². The molecule has 0 aliphatic rings. The first kappa shape index (κ1) is 19.6. The number of ether oxygens (including phenoxy) is 2. The number of hydrogen-bond donors (Lipinski definition) is 2. The molecule has 2 aromatic carbocycles. The first-order valence-electron chi connectivity index (χ1n) is 7.84. The second-order valence-corrected chi connectivity index (χ2v) is 7.47. The number of carbonyl (C=O) groups is 1. The highest BCUT2D eigenvalue weighted by Gasteiger charge is 2.19. The van der Waals surface area contributed by atoms with E-state index in [4.69, 9.17) is 9.47 Å². The zero-order valence-electron chi connectivity index (χ0n) is 15.1. The normalized spacial score (nSPS) is 12.2. The van der Waals surface area contributed by atoms with Crippen molar-refractivity contribution in [3.63, 3.8) is 0 Å². The second kappa shape index (κ2) is 8.09. The number of para-hydroxylation sites is 1. The lowest BCUT2D eigenvalue weighted by molar-refractivity contribution is 0.0940. The van der Waals surface area contributed by atoms with Crippen LogP contribution in [0.5, 0.6) is 11.5 Å². The smallest absolute Gasteiger partial charge is 0.253 e. The molecule has 0 heterocycles. The molecule has 2 rings (SSSR count). The van der Waals surface area contributed by atoms with E-state index in [-0.39, 0.29) is 17.3 Å². The van der Waals surface area contributed by atoms with Gasteiger partial charge in [0, 0.05) is 5.56 Å². The Morgan fingerprint density at radius 3 is 2.38 bits per heavy atom. The predicted octanol–water partition coefficient (Wildman–Crippen LogP) is 2.57. The Balaban J connectivity index is 2.28. The summed E-state index contributed by atoms with van der Waals surface area (Å²) in [7, 11) is -0.396. The molecule has 0 bridgehead atoms. The molecule has 0 saturated carbocycles. The van der Waals surface area contributed by atoms with Crippen molar-refractivity contribution < 1.29 is 22.7 Å². The van der Waals surface area contributed by atoms with Gasteiger partial charge in [-0.3, -0.25) is 9.52 Å². The van der Waals surface area contributed by atoms with E-state index in [1.807, 2.05) is 6.92 Å². The fraction of sp³-hybridized carbons (Fsp3) is 0.278. The maximum absolute atomic E-state index is 12.7. The maximum Gasteiger partial charge on any atom is 0.253 e. The Morgan fingerprint density at radius 2 is 1.77 bits per heavy atom. The number of benzene rings is 2. The van der Waals surface area contributed by atoms with Crippen molar-refractivity contribution >= 4 is 21.6 Å². The van der Waals surface area contributed by atoms with Crippen molar-refractivity contribution in [2.75, 3.05) is 25.2 Å². The summed E-state index contributed by atoms with van der Waals surface area (Å²) in [6.07, 6.45) is 1.03. The Labute approximate surface area is 153 Å². The van der Waals surface area contributed by atoms with Crippen LogP contribution in [0.2, 0.25) is 0 Å². The fourth-order valence-corrected chi connectivity index (χ4v) is 3.08. The summed E-state index contributed by atoms with van der Waals surface area (Å²) >= 11 is 0. The second-order valence-electron chi connectivity index (χ2n) is 5.72. The highest BCUT2D eigenvalue weighted by Crippen LogP contribution is 2.29. The Morgan fingerprint density at radius 1 is 1.08 bits per heavy atom. The molecule has 0 aliphatic heterocycles. The summed E-state index contributed by atoms with van der Waals surface area (Å²) in [5.41, 5.74) is 1.19. The van der Waals surface area contributed by atoms with Crippen LogP contribution in [0, 0.1) is 0 Å². The van der Waals surface area contributed by atoms with Gasteiger partial charge < -0.3 is 14.8 Å². The number of hydrogen-bond acceptors (Lipinski definition) is 5. The van der Waals surface area contributed by atoms with E-state index in [0.29, 0.717) is 11.5 Å². The summed E-state index contributed by atoms with van der Waals surface area (Å²) < 4.78 is 35.9. The molecule has 0 fully saturated rings. The molecule has 0 aromatic heterocycles. The van der Waals surface area contributed by atoms with Crippen molar-refractivity contribution in [1.82, 2.24) is 5.32 Å². The van der Waals surface area contributed by atoms with Crippen LogP contribution in [0.25, 0.3) is 0 Å². The number of sulfonamides is 1. The van der Waals surface area contributed by atoms with Gasteiger partial charge in [-0.25, -0.2) is 8.42 Å². The zero-order chi connectivity index (χ0) is 19.3. The third kappa shape index (κ3) is 4.89. The van der Waals surface area contributed by atoms with E-state index in [1.54, 1.807) is 50.6 Å². The number of methoxy groups -OCH3 is 2. The topological polar surface area (TPSA) is 93.7 Å². The van der Waals surface area contributed by atoms with Crippen molar-refractivity contribution in [2.45, 2.75) is 13.0 Å². The molecule has 0 saturated heterocycles. The van der Waals surface area contributed by atoms with Crippen LogP contribution in [-0.2, 0) is 10.0 Å². The third-order valence-electron chi connectivity index (χ3n) is 3.72. The Bertz CT molecular complexity index is 896. The van der Waals surface area contributed by atoms with Gasteiger partial charge >= 0.3 is 0 Å². The number of anilines is 1. The molecule has 2 N–H and O–H groups in total. The molecule has 0 aliphatic carbocycles. The van der Waals surface area contributed by atoms with E-state index in [2.05, 4.69) is 10.0 Å². The first-order valence-corrected chi connectivity index (χ1v) is 9.74. The van der Waals surface area contributed by atoms with Crippen molar-refractivity contribution in [2.24, 2.45) is 0 Å². The zero-order valence-corrected chi connectivity index (χ0v) is 15.9. The number of carbonyl (C=O) groups excluding carboxylic acids is 1. The summed E-state index contributed by atoms with van der Waals surface area (Å²) in [6.45, 7) is 1.81. The van der Waals surface area contributed by atoms with Crippen LogP contribution >= 0.6 is 0 Å². The van der Waals surface area contributed by atoms with Gasteiger partial charge in [-0.1, -0.05) is 12.1 Å². The SMILES string of the molecule is COc1ccc(OC)c(C(C)NC(=O)c2ccccc2NS(C)(=O)=O)c1. The molecule has 1 atom stereocenters. The average Bonchev–Trinajstić information content (AvgIpc) is 2.60. The summed E-state index contributed by atoms with van der Waals surface area (Å²) in [6, 6.07) is 11.3. The molecule has 7 nitrogen and oxygen atoms in total. The Hall–Kier alpha value is -2.74. The highest BCUT2D eigenvalue weighted by atomic mass is 32.2. The van der Waals surface area contributed by atoms with Gasteiger partial charge in [-0.15, -0.1) is 0 Å². The van der Waals surface area contributed by atoms with Crippen molar-refractivity contribution in [3.05, 3.63) is 53.6 Å². The molecular formula is C18H22N2O5S. The minimum atomic E-state index is -3.50. The molecule has 1 amide bonds. The van der Waals surface area contributed by atoms with Gasteiger partial charge in [0.05, 0.1) is 37.8 Å². The summed E-state index contributed by atoms with van der Waals surface area (Å²) in [5, 5.41) is 2.86. The van der Waals surface area contributed by atoms with E-state index < -0.39 is 15.9 Å². The fourth-order valence-electron chi connectivity index (χ4n) is 2.50. The number of nitrogens with one attached hydrogen (secondary N) is 2. The molecule has 26 heavy (non-hydrogen) atoms. The standard InChI is InChI=1S/C18H22N2O5S/c1-12(15-11-13(24-2)9-10-17(15)25-3)19-18(21)14-7-5-6-8-16(14)20-26(4,22)23/h5-12,20H,1-4H3,(H,19,21). The quantitative estimate of drug-likeness (QED) is 0.772. The largest absolute Gasteiger partial charge is 0.497 e. The Kier molecular flexibility index (Phi) is 6.10. The minimum Gasteiger partial charge on any atom is -0.497 e. The van der Waals surface area contributed by atoms with Crippen LogP contribution < -0.4 is 19.5 Å². The van der Waals surface area contributed by atoms with Crippen molar-refractivity contribution in [3.8, 4) is 11.5 Å². The van der Waals surface area contributed by atoms with Crippen LogP contribution in [0.15, 0.2) is 42.5 Å². The molecule has 1 unspecified atom stereocenters. The van der Waals surface area contributed by atoms with E-state index >= 15 is 0 Å². The molecule has 140 valence electrons. The van der Waals surface area contributed by atoms with Crippen LogP contribution in [0.3, 0.4) is 0 Å². The van der Waals surface area contributed by atoms with Gasteiger partial charge in [0.1, 0.15) is 11.5 Å². The monoisotopic (exact) mass is 378 g/mol.